The minimum absolute atomic E-state index is 0.773. The third-order valence-electron chi connectivity index (χ3n) is 3.56. The van der Waals surface area contributed by atoms with E-state index in [-0.39, 0.29) is 0 Å². The molecule has 1 aliphatic heterocycles. The molecule has 0 amide bonds. The minimum atomic E-state index is 0.773. The molecule has 0 spiro atoms. The Morgan fingerprint density at radius 3 is 2.50 bits per heavy atom. The fourth-order valence-electron chi connectivity index (χ4n) is 2.53. The largest absolute Gasteiger partial charge is 0.315 e. The summed E-state index contributed by atoms with van der Waals surface area (Å²) in [5.41, 5.74) is 0. The van der Waals surface area contributed by atoms with Crippen LogP contribution in [0, 0.1) is 11.8 Å². The molecule has 1 N–H and O–H groups in total. The van der Waals surface area contributed by atoms with Gasteiger partial charge in [0.15, 0.2) is 0 Å². The van der Waals surface area contributed by atoms with Gasteiger partial charge in [-0.1, -0.05) is 33.6 Å². The standard InChI is InChI=1S/C14H30N2/c1-4-5-14-6-9-16(10-7-14)11-8-15-12-13(2)3/h13-15H,4-12H2,1-3H3. The molecule has 0 radical (unpaired) electrons. The van der Waals surface area contributed by atoms with E-state index in [1.807, 2.05) is 0 Å². The van der Waals surface area contributed by atoms with Gasteiger partial charge >= 0.3 is 0 Å². The summed E-state index contributed by atoms with van der Waals surface area (Å²) < 4.78 is 0. The van der Waals surface area contributed by atoms with Crippen LogP contribution in [-0.2, 0) is 0 Å². The summed E-state index contributed by atoms with van der Waals surface area (Å²) in [5, 5.41) is 3.53. The third kappa shape index (κ3) is 5.86. The summed E-state index contributed by atoms with van der Waals surface area (Å²) in [6, 6.07) is 0. The second-order valence-corrected chi connectivity index (χ2v) is 5.67. The molecule has 1 heterocycles. The normalized spacial score (nSPS) is 19.5. The van der Waals surface area contributed by atoms with E-state index in [1.54, 1.807) is 0 Å². The van der Waals surface area contributed by atoms with Crippen molar-refractivity contribution in [2.75, 3.05) is 32.7 Å². The van der Waals surface area contributed by atoms with E-state index >= 15 is 0 Å². The molecular weight excluding hydrogens is 196 g/mol. The fourth-order valence-corrected chi connectivity index (χ4v) is 2.53. The zero-order valence-electron chi connectivity index (χ0n) is 11.5. The van der Waals surface area contributed by atoms with E-state index in [4.69, 9.17) is 0 Å². The third-order valence-corrected chi connectivity index (χ3v) is 3.56. The predicted molar refractivity (Wildman–Crippen MR) is 71.8 cm³/mol. The Labute approximate surface area is 102 Å². The van der Waals surface area contributed by atoms with Crippen LogP contribution < -0.4 is 5.32 Å². The lowest BCUT2D eigenvalue weighted by Gasteiger charge is -2.31. The molecule has 1 aliphatic rings. The predicted octanol–water partition coefficient (Wildman–Crippen LogP) is 2.74. The highest BCUT2D eigenvalue weighted by Gasteiger charge is 2.17. The maximum atomic E-state index is 3.53. The Morgan fingerprint density at radius 2 is 1.94 bits per heavy atom. The Hall–Kier alpha value is -0.0800. The average Bonchev–Trinajstić information content (AvgIpc) is 2.27. The molecule has 1 fully saturated rings. The van der Waals surface area contributed by atoms with Crippen molar-refractivity contribution in [3.05, 3.63) is 0 Å². The van der Waals surface area contributed by atoms with Crippen LogP contribution in [0.25, 0.3) is 0 Å². The molecule has 0 aromatic carbocycles. The fraction of sp³-hybridized carbons (Fsp3) is 1.00. The van der Waals surface area contributed by atoms with E-state index in [0.29, 0.717) is 0 Å². The van der Waals surface area contributed by atoms with Crippen LogP contribution in [0.3, 0.4) is 0 Å². The number of nitrogens with one attached hydrogen (secondary N) is 1. The van der Waals surface area contributed by atoms with E-state index < -0.39 is 0 Å². The van der Waals surface area contributed by atoms with Crippen LogP contribution >= 0.6 is 0 Å². The topological polar surface area (TPSA) is 15.3 Å². The van der Waals surface area contributed by atoms with Gasteiger partial charge in [0, 0.05) is 13.1 Å². The zero-order chi connectivity index (χ0) is 11.8. The summed E-state index contributed by atoms with van der Waals surface area (Å²) in [6.45, 7) is 13.1. The van der Waals surface area contributed by atoms with Crippen molar-refractivity contribution < 1.29 is 0 Å². The molecule has 2 heteroatoms. The Kier molecular flexibility index (Phi) is 7.06. The van der Waals surface area contributed by atoms with E-state index in [0.717, 1.165) is 24.9 Å². The summed E-state index contributed by atoms with van der Waals surface area (Å²) in [6.07, 6.45) is 5.66. The van der Waals surface area contributed by atoms with Gasteiger partial charge in [-0.05, 0) is 44.3 Å². The highest BCUT2D eigenvalue weighted by molar-refractivity contribution is 4.72. The lowest BCUT2D eigenvalue weighted by Crippen LogP contribution is -2.38. The smallest absolute Gasteiger partial charge is 0.0107 e. The SMILES string of the molecule is CCCC1CCN(CCNCC(C)C)CC1. The lowest BCUT2D eigenvalue weighted by molar-refractivity contribution is 0.179. The molecule has 0 aliphatic carbocycles. The van der Waals surface area contributed by atoms with E-state index in [9.17, 15) is 0 Å². The highest BCUT2D eigenvalue weighted by atomic mass is 15.1. The number of rotatable bonds is 7. The van der Waals surface area contributed by atoms with Gasteiger partial charge in [-0.3, -0.25) is 0 Å². The molecule has 0 saturated carbocycles. The number of nitrogens with zero attached hydrogens (tertiary/aromatic N) is 1. The van der Waals surface area contributed by atoms with Crippen molar-refractivity contribution in [3.8, 4) is 0 Å². The van der Waals surface area contributed by atoms with Crippen molar-refractivity contribution in [2.45, 2.75) is 46.5 Å². The molecule has 0 bridgehead atoms. The van der Waals surface area contributed by atoms with Crippen LogP contribution in [0.4, 0.5) is 0 Å². The molecule has 0 unspecified atom stereocenters. The first-order valence-corrected chi connectivity index (χ1v) is 7.15. The van der Waals surface area contributed by atoms with E-state index in [1.165, 1.54) is 45.3 Å². The maximum absolute atomic E-state index is 3.53. The first-order chi connectivity index (χ1) is 7.72. The van der Waals surface area contributed by atoms with Crippen LogP contribution in [0.5, 0.6) is 0 Å². The van der Waals surface area contributed by atoms with Gasteiger partial charge in [-0.2, -0.15) is 0 Å². The molecular formula is C14H30N2. The molecule has 0 atom stereocenters. The molecule has 0 aromatic rings. The number of likely N-dealkylation sites (tertiary alicyclic amines) is 1. The van der Waals surface area contributed by atoms with Crippen LogP contribution in [0.2, 0.25) is 0 Å². The lowest BCUT2D eigenvalue weighted by atomic mass is 9.92. The summed E-state index contributed by atoms with van der Waals surface area (Å²) in [5.74, 6) is 1.79. The van der Waals surface area contributed by atoms with Gasteiger partial charge in [0.25, 0.3) is 0 Å². The van der Waals surface area contributed by atoms with Gasteiger partial charge in [0.1, 0.15) is 0 Å². The first kappa shape index (κ1) is 14.0. The molecule has 2 nitrogen and oxygen atoms in total. The Bertz CT molecular complexity index is 160. The van der Waals surface area contributed by atoms with Crippen molar-refractivity contribution in [1.29, 1.82) is 0 Å². The maximum Gasteiger partial charge on any atom is 0.0107 e. The number of hydrogen-bond donors (Lipinski definition) is 1. The highest BCUT2D eigenvalue weighted by Crippen LogP contribution is 2.21. The van der Waals surface area contributed by atoms with Gasteiger partial charge in [0.2, 0.25) is 0 Å². The van der Waals surface area contributed by atoms with Gasteiger partial charge in [-0.15, -0.1) is 0 Å². The molecule has 16 heavy (non-hydrogen) atoms. The summed E-state index contributed by atoms with van der Waals surface area (Å²) in [4.78, 5) is 2.62. The molecule has 1 rings (SSSR count). The molecule has 96 valence electrons. The van der Waals surface area contributed by atoms with Crippen molar-refractivity contribution >= 4 is 0 Å². The van der Waals surface area contributed by atoms with Crippen molar-refractivity contribution in [3.63, 3.8) is 0 Å². The quantitative estimate of drug-likeness (QED) is 0.672. The van der Waals surface area contributed by atoms with Crippen LogP contribution in [0.15, 0.2) is 0 Å². The first-order valence-electron chi connectivity index (χ1n) is 7.15. The average molecular weight is 226 g/mol. The number of hydrogen-bond acceptors (Lipinski definition) is 2. The summed E-state index contributed by atoms with van der Waals surface area (Å²) in [7, 11) is 0. The number of piperidine rings is 1. The van der Waals surface area contributed by atoms with Gasteiger partial charge < -0.3 is 10.2 Å². The van der Waals surface area contributed by atoms with Crippen molar-refractivity contribution in [2.24, 2.45) is 11.8 Å². The van der Waals surface area contributed by atoms with Gasteiger partial charge in [0.05, 0.1) is 0 Å². The zero-order valence-corrected chi connectivity index (χ0v) is 11.5. The van der Waals surface area contributed by atoms with E-state index in [2.05, 4.69) is 31.0 Å². The summed E-state index contributed by atoms with van der Waals surface area (Å²) >= 11 is 0. The van der Waals surface area contributed by atoms with Gasteiger partial charge in [-0.25, -0.2) is 0 Å². The Balaban J connectivity index is 1.99. The minimum Gasteiger partial charge on any atom is -0.315 e. The monoisotopic (exact) mass is 226 g/mol. The van der Waals surface area contributed by atoms with Crippen molar-refractivity contribution in [1.82, 2.24) is 10.2 Å². The second kappa shape index (κ2) is 8.08. The molecule has 0 aromatic heterocycles. The second-order valence-electron chi connectivity index (χ2n) is 5.67. The molecule has 1 saturated heterocycles. The van der Waals surface area contributed by atoms with Crippen LogP contribution in [-0.4, -0.2) is 37.6 Å². The Morgan fingerprint density at radius 1 is 1.25 bits per heavy atom. The van der Waals surface area contributed by atoms with Crippen LogP contribution in [0.1, 0.15) is 46.5 Å².